The second kappa shape index (κ2) is 11.2. The molecule has 0 spiro atoms. The fourth-order valence-corrected chi connectivity index (χ4v) is 2.25. The van der Waals surface area contributed by atoms with E-state index in [1.54, 1.807) is 0 Å². The van der Waals surface area contributed by atoms with Crippen molar-refractivity contribution in [3.8, 4) is 0 Å². The van der Waals surface area contributed by atoms with E-state index in [0.29, 0.717) is 4.90 Å². The molecule has 0 rings (SSSR count). The van der Waals surface area contributed by atoms with Gasteiger partial charge >= 0.3 is 5.97 Å². The van der Waals surface area contributed by atoms with Gasteiger partial charge in [-0.2, -0.15) is 0 Å². The Bertz CT molecular complexity index is 581. The van der Waals surface area contributed by atoms with Crippen LogP contribution < -0.4 is 22.1 Å². The van der Waals surface area contributed by atoms with Crippen LogP contribution in [0.25, 0.3) is 0 Å². The predicted octanol–water partition coefficient (Wildman–Crippen LogP) is -3.65. The number of carbonyl (C=O) groups is 5. The molecule has 27 heavy (non-hydrogen) atoms. The summed E-state index contributed by atoms with van der Waals surface area (Å²) in [5, 5.41) is 23.2. The van der Waals surface area contributed by atoms with Crippen LogP contribution in [-0.2, 0) is 24.0 Å². The zero-order chi connectivity index (χ0) is 21.3. The number of aliphatic hydroxyl groups excluding tert-OH is 1. The first-order valence-electron chi connectivity index (χ1n) is 8.21. The molecule has 0 radical (unpaired) electrons. The maximum Gasteiger partial charge on any atom is 0.327 e. The van der Waals surface area contributed by atoms with Crippen LogP contribution in [0.15, 0.2) is 0 Å². The summed E-state index contributed by atoms with van der Waals surface area (Å²) in [7, 11) is 0. The van der Waals surface area contributed by atoms with Crippen LogP contribution in [0.5, 0.6) is 0 Å². The molecule has 0 aromatic rings. The number of aliphatic carboxylic acids is 1. The van der Waals surface area contributed by atoms with Crippen molar-refractivity contribution >= 4 is 29.6 Å². The third-order valence-electron chi connectivity index (χ3n) is 3.57. The van der Waals surface area contributed by atoms with E-state index in [4.69, 9.17) is 11.5 Å². The molecule has 0 fully saturated rings. The van der Waals surface area contributed by atoms with Crippen LogP contribution in [0, 0.1) is 5.92 Å². The number of hydrogen-bond donors (Lipinski definition) is 6. The van der Waals surface area contributed by atoms with E-state index in [0.717, 1.165) is 0 Å². The van der Waals surface area contributed by atoms with Gasteiger partial charge in [0.2, 0.25) is 11.8 Å². The molecule has 0 heterocycles. The van der Waals surface area contributed by atoms with E-state index in [2.05, 4.69) is 10.6 Å². The Morgan fingerprint density at radius 2 is 1.41 bits per heavy atom. The van der Waals surface area contributed by atoms with E-state index in [1.807, 2.05) is 0 Å². The summed E-state index contributed by atoms with van der Waals surface area (Å²) >= 11 is 0. The Kier molecular flexibility index (Phi) is 10.1. The average Bonchev–Trinajstić information content (AvgIpc) is 2.61. The second-order valence-corrected chi connectivity index (χ2v) is 6.07. The Balaban J connectivity index is 5.92. The first-order chi connectivity index (χ1) is 12.5. The lowest BCUT2D eigenvalue weighted by Crippen LogP contribution is -2.62. The molecule has 0 aliphatic heterocycles. The molecule has 3 unspecified atom stereocenters. The molecule has 0 aliphatic carbocycles. The first kappa shape index (κ1) is 24.4. The van der Waals surface area contributed by atoms with Crippen molar-refractivity contribution < 1.29 is 34.2 Å². The Labute approximate surface area is 156 Å². The van der Waals surface area contributed by atoms with E-state index >= 15 is 0 Å². The third-order valence-corrected chi connectivity index (χ3v) is 3.57. The molecule has 8 N–H and O–H groups in total. The Morgan fingerprint density at radius 3 is 1.78 bits per heavy atom. The van der Waals surface area contributed by atoms with Gasteiger partial charge in [0.15, 0.2) is 0 Å². The van der Waals surface area contributed by atoms with Crippen molar-refractivity contribution in [3.63, 3.8) is 0 Å². The summed E-state index contributed by atoms with van der Waals surface area (Å²) in [5.74, 6) is -5.80. The second-order valence-electron chi connectivity index (χ2n) is 6.07. The van der Waals surface area contributed by atoms with Crippen LogP contribution in [0.4, 0.5) is 0 Å². The summed E-state index contributed by atoms with van der Waals surface area (Å²) in [6.07, 6.45) is 0. The number of imide groups is 1. The predicted molar refractivity (Wildman–Crippen MR) is 92.8 cm³/mol. The number of carbonyl (C=O) groups excluding carboxylic acids is 4. The number of carboxylic acid groups (broad SMARTS) is 1. The van der Waals surface area contributed by atoms with Crippen molar-refractivity contribution in [3.05, 3.63) is 0 Å². The lowest BCUT2D eigenvalue weighted by Gasteiger charge is -2.34. The minimum atomic E-state index is -1.59. The van der Waals surface area contributed by atoms with Gasteiger partial charge in [-0.05, 0) is 12.8 Å². The van der Waals surface area contributed by atoms with Gasteiger partial charge in [-0.3, -0.25) is 24.1 Å². The fourth-order valence-electron chi connectivity index (χ4n) is 2.25. The number of nitrogens with one attached hydrogen (secondary N) is 2. The standard InChI is InChI=1S/C15H27N5O7/c1-7(2)12(15(26)27)20(13(24)8(3)18-10(22)4-16)14(25)9(6-21)19-11(23)5-17/h7-9,12,21H,4-6,16-17H2,1-3H3,(H,18,22)(H,19,23)(H,26,27). The summed E-state index contributed by atoms with van der Waals surface area (Å²) in [5.41, 5.74) is 10.3. The minimum Gasteiger partial charge on any atom is -0.480 e. The van der Waals surface area contributed by atoms with Gasteiger partial charge in [-0.15, -0.1) is 0 Å². The average molecular weight is 389 g/mol. The molecule has 12 nitrogen and oxygen atoms in total. The van der Waals surface area contributed by atoms with Crippen LogP contribution >= 0.6 is 0 Å². The number of aliphatic hydroxyl groups is 1. The number of nitrogens with zero attached hydrogens (tertiary/aromatic N) is 1. The van der Waals surface area contributed by atoms with Crippen LogP contribution in [0.1, 0.15) is 20.8 Å². The first-order valence-corrected chi connectivity index (χ1v) is 8.21. The monoisotopic (exact) mass is 389 g/mol. The van der Waals surface area contributed by atoms with Crippen LogP contribution in [0.2, 0.25) is 0 Å². The molecular formula is C15H27N5O7. The number of rotatable bonds is 10. The Hall–Kier alpha value is -2.57. The normalized spacial score (nSPS) is 14.0. The van der Waals surface area contributed by atoms with Crippen molar-refractivity contribution in [1.82, 2.24) is 15.5 Å². The smallest absolute Gasteiger partial charge is 0.327 e. The van der Waals surface area contributed by atoms with Gasteiger partial charge in [-0.1, -0.05) is 13.8 Å². The van der Waals surface area contributed by atoms with E-state index < -0.39 is 73.3 Å². The zero-order valence-electron chi connectivity index (χ0n) is 15.5. The number of nitrogens with two attached hydrogens (primary N) is 2. The van der Waals surface area contributed by atoms with Gasteiger partial charge in [-0.25, -0.2) is 4.79 Å². The largest absolute Gasteiger partial charge is 0.480 e. The molecule has 4 amide bonds. The molecule has 0 aromatic heterocycles. The highest BCUT2D eigenvalue weighted by Gasteiger charge is 2.41. The number of carboxylic acids is 1. The molecule has 0 saturated carbocycles. The highest BCUT2D eigenvalue weighted by Crippen LogP contribution is 2.15. The summed E-state index contributed by atoms with van der Waals surface area (Å²) < 4.78 is 0. The van der Waals surface area contributed by atoms with E-state index in [-0.39, 0.29) is 0 Å². The van der Waals surface area contributed by atoms with Crippen LogP contribution in [0.3, 0.4) is 0 Å². The quantitative estimate of drug-likeness (QED) is 0.217. The topological polar surface area (TPSA) is 205 Å². The maximum atomic E-state index is 12.8. The van der Waals surface area contributed by atoms with Crippen molar-refractivity contribution in [2.75, 3.05) is 19.7 Å². The van der Waals surface area contributed by atoms with Gasteiger partial charge in [0, 0.05) is 0 Å². The molecule has 0 saturated heterocycles. The molecule has 0 aromatic carbocycles. The van der Waals surface area contributed by atoms with E-state index in [1.165, 1.54) is 20.8 Å². The third kappa shape index (κ3) is 6.92. The molecule has 12 heteroatoms. The zero-order valence-corrected chi connectivity index (χ0v) is 15.5. The molecular weight excluding hydrogens is 362 g/mol. The molecule has 154 valence electrons. The minimum absolute atomic E-state index is 0.413. The highest BCUT2D eigenvalue weighted by molar-refractivity contribution is 6.05. The summed E-state index contributed by atoms with van der Waals surface area (Å²) in [6.45, 7) is 2.42. The van der Waals surface area contributed by atoms with Gasteiger partial charge in [0.1, 0.15) is 18.1 Å². The van der Waals surface area contributed by atoms with Gasteiger partial charge < -0.3 is 32.3 Å². The highest BCUT2D eigenvalue weighted by atomic mass is 16.4. The molecule has 0 aliphatic rings. The maximum absolute atomic E-state index is 12.8. The van der Waals surface area contributed by atoms with Crippen molar-refractivity contribution in [2.24, 2.45) is 17.4 Å². The van der Waals surface area contributed by atoms with Crippen LogP contribution in [-0.4, -0.2) is 82.5 Å². The lowest BCUT2D eigenvalue weighted by atomic mass is 10.0. The number of amides is 4. The van der Waals surface area contributed by atoms with Crippen molar-refractivity contribution in [1.29, 1.82) is 0 Å². The van der Waals surface area contributed by atoms with Gasteiger partial charge in [0.25, 0.3) is 11.8 Å². The lowest BCUT2D eigenvalue weighted by molar-refractivity contribution is -0.162. The summed E-state index contributed by atoms with van der Waals surface area (Å²) in [4.78, 5) is 60.4. The number of hydrogen-bond acceptors (Lipinski definition) is 8. The molecule has 0 bridgehead atoms. The summed E-state index contributed by atoms with van der Waals surface area (Å²) in [6, 6.07) is -4.44. The molecule has 3 atom stereocenters. The SMILES string of the molecule is CC(NC(=O)CN)C(=O)N(C(=O)C(CO)NC(=O)CN)C(C(=O)O)C(C)C. The van der Waals surface area contributed by atoms with E-state index in [9.17, 15) is 34.2 Å². The van der Waals surface area contributed by atoms with Gasteiger partial charge in [0.05, 0.1) is 19.7 Å². The fraction of sp³-hybridized carbons (Fsp3) is 0.667. The Morgan fingerprint density at radius 1 is 0.926 bits per heavy atom. The van der Waals surface area contributed by atoms with Crippen molar-refractivity contribution in [2.45, 2.75) is 38.9 Å².